The summed E-state index contributed by atoms with van der Waals surface area (Å²) < 4.78 is 22.5. The maximum atomic E-state index is 13.8. The summed E-state index contributed by atoms with van der Waals surface area (Å²) in [6.45, 7) is 3.21. The first-order valence-electron chi connectivity index (χ1n) is 45.9. The number of benzene rings is 20. The van der Waals surface area contributed by atoms with Crippen LogP contribution in [0, 0.1) is 0 Å². The van der Waals surface area contributed by atoms with E-state index in [1.807, 2.05) is 55.1 Å². The zero-order chi connectivity index (χ0) is 105. The molecule has 0 radical (unpaired) electrons. The van der Waals surface area contributed by atoms with Crippen LogP contribution in [0.15, 0.2) is 109 Å². The van der Waals surface area contributed by atoms with Crippen LogP contribution in [0.2, 0.25) is 0 Å². The van der Waals surface area contributed by atoms with Crippen molar-refractivity contribution in [1.29, 1.82) is 0 Å². The lowest BCUT2D eigenvalue weighted by Crippen LogP contribution is -2.15. The number of hydrogen-bond donors (Lipinski definition) is 28. The lowest BCUT2D eigenvalue weighted by Gasteiger charge is -2.24. The lowest BCUT2D eigenvalue weighted by molar-refractivity contribution is 0.282. The van der Waals surface area contributed by atoms with Crippen LogP contribution in [0.1, 0.15) is 117 Å². The lowest BCUT2D eigenvalue weighted by atomic mass is 9.81. The topological polar surface area (TPSA) is 674 Å². The Morgan fingerprint density at radius 1 is 0.223 bits per heavy atom. The molecule has 0 atom stereocenters. The van der Waals surface area contributed by atoms with E-state index in [9.17, 15) is 141 Å². The van der Waals surface area contributed by atoms with E-state index in [1.165, 1.54) is 77.0 Å². The Morgan fingerprint density at radius 3 is 0.797 bits per heavy atom. The minimum atomic E-state index is -0.654. The van der Waals surface area contributed by atoms with Gasteiger partial charge in [0.2, 0.25) is 16.3 Å². The summed E-state index contributed by atoms with van der Waals surface area (Å²) in [4.78, 5) is 108. The molecule has 24 rings (SSSR count). The van der Waals surface area contributed by atoms with Crippen LogP contribution in [-0.2, 0) is 78.5 Å². The normalized spacial score (nSPS) is 13.2. The van der Waals surface area contributed by atoms with Crippen LogP contribution >= 0.6 is 0 Å². The van der Waals surface area contributed by atoms with Crippen molar-refractivity contribution in [2.45, 2.75) is 106 Å². The summed E-state index contributed by atoms with van der Waals surface area (Å²) in [6, 6.07) is 10.2. The maximum absolute atomic E-state index is 13.8. The number of allylic oxidation sites excluding steroid dienone is 4. The second kappa shape index (κ2) is 35.5. The number of aliphatic hydroxyl groups excluding tert-OH is 8. The number of aromatic hydroxyl groups is 4. The number of aliphatic hydroxyl groups is 8. The van der Waals surface area contributed by atoms with E-state index in [2.05, 4.69) is 16.4 Å². The van der Waals surface area contributed by atoms with Crippen molar-refractivity contribution in [2.24, 2.45) is 0 Å². The average molecular weight is 2010 g/mol. The molecule has 40 nitrogen and oxygen atoms in total. The smallest absolute Gasteiger partial charge is 0.230 e. The molecular formula is C108H88N8O32. The molecule has 0 amide bonds. The predicted octanol–water partition coefficient (Wildman–Crippen LogP) is 12.6. The van der Waals surface area contributed by atoms with Gasteiger partial charge in [0.25, 0.3) is 0 Å². The van der Waals surface area contributed by atoms with Gasteiger partial charge in [0.15, 0.2) is 61.6 Å². The number of phenolic OH excluding ortho intramolecular Hbond substituents is 4. The highest BCUT2D eigenvalue weighted by Gasteiger charge is 2.40. The summed E-state index contributed by atoms with van der Waals surface area (Å²) in [6.07, 6.45) is 8.14. The molecule has 0 bridgehead atoms. The highest BCUT2D eigenvalue weighted by atomic mass is 16.5. The third-order valence-electron chi connectivity index (χ3n) is 29.7. The first-order chi connectivity index (χ1) is 71.3. The van der Waals surface area contributed by atoms with Crippen LogP contribution in [0.5, 0.6) is 46.0 Å². The Balaban J connectivity index is 0.000000116. The van der Waals surface area contributed by atoms with Gasteiger partial charge in [0.1, 0.15) is 34.2 Å². The Bertz CT molecular complexity index is 9860. The molecule has 40 heteroatoms. The Labute approximate surface area is 826 Å². The number of nitrogens with one attached hydrogen (secondary N) is 8. The molecule has 0 heterocycles. The average Bonchev–Trinajstić information content (AvgIpc) is 1.17. The second-order valence-electron chi connectivity index (χ2n) is 37.2. The molecule has 148 heavy (non-hydrogen) atoms. The summed E-state index contributed by atoms with van der Waals surface area (Å²) in [5.74, 6) is -1.08. The number of methoxy groups -OCH3 is 4. The minimum absolute atomic E-state index is 0.00929. The fourth-order valence-electron chi connectivity index (χ4n) is 24.5. The van der Waals surface area contributed by atoms with Gasteiger partial charge in [-0.25, -0.2) is 0 Å². The van der Waals surface area contributed by atoms with Crippen molar-refractivity contribution in [3.05, 3.63) is 242 Å². The monoisotopic (exact) mass is 2010 g/mol. The van der Waals surface area contributed by atoms with Crippen LogP contribution in [-0.4, -0.2) is 131 Å². The van der Waals surface area contributed by atoms with Gasteiger partial charge in [-0.1, -0.05) is 46.6 Å². The molecule has 28 N–H and O–H groups in total. The molecule has 0 unspecified atom stereocenters. The molecule has 4 aliphatic rings. The number of anilines is 8. The van der Waals surface area contributed by atoms with Crippen LogP contribution in [0.3, 0.4) is 0 Å². The van der Waals surface area contributed by atoms with E-state index in [1.54, 1.807) is 24.3 Å². The van der Waals surface area contributed by atoms with Crippen LogP contribution < -0.4 is 106 Å². The standard InChI is InChI=1S/4C27H22N2O8/c1-9-3-12-18-19-13(4-9)27(37-2)26(34)20-14(28-35)5-10(7-30)16(22(19)20)17-11(8-31)6-15(32)21(23(17)18)25(33)24(12)29-36;1-9-3-12-18-19-13(4-9)27(37-2)25(29-36)20-14(32)5-10(7-30)16(22(19)20)17-11(8-31)6-15(33)21(23(17)18)26(34)24(12)28-35;1-9-3-12-18-19-13(4-9)27(37-2)26(34)21-15(33)6-11(8-31)17(23(19)21)16-10(7-30)5-14(32)20(22(16)18)25(29-36)24(12)28-35;1-9-3-12-18-19-13(4-9)27(37-2)26(34)21-15(32)6-11(8-31)17(23(19)21)16-10(7-30)5-14(28-35)20(22(16)18)25(33)24(12)29-36/h2*3,5-6,28-31,33,35-36H,4,7-8H2,1-2H3;2*3,5-6,28-31,34-36H,4,7-8H2,1-2H3. The van der Waals surface area contributed by atoms with Crippen LogP contribution in [0.4, 0.5) is 45.5 Å². The predicted molar refractivity (Wildman–Crippen MR) is 558 cm³/mol. The molecule has 0 aliphatic heterocycles. The van der Waals surface area contributed by atoms with Crippen molar-refractivity contribution in [3.63, 3.8) is 0 Å². The van der Waals surface area contributed by atoms with Gasteiger partial charge in [-0.3, -0.25) is 124 Å². The first kappa shape index (κ1) is 97.2. The van der Waals surface area contributed by atoms with Crippen molar-refractivity contribution < 1.29 is 122 Å². The van der Waals surface area contributed by atoms with Gasteiger partial charge >= 0.3 is 0 Å². The van der Waals surface area contributed by atoms with Gasteiger partial charge in [-0.2, -0.15) is 0 Å². The Hall–Kier alpha value is -16.9. The van der Waals surface area contributed by atoms with Crippen LogP contribution in [0.25, 0.3) is 197 Å². The van der Waals surface area contributed by atoms with E-state index >= 15 is 0 Å². The molecule has 0 saturated carbocycles. The molecular weight excluding hydrogens is 1920 g/mol. The van der Waals surface area contributed by atoms with E-state index in [4.69, 9.17) is 18.9 Å². The van der Waals surface area contributed by atoms with Gasteiger partial charge in [0.05, 0.1) is 147 Å². The van der Waals surface area contributed by atoms with E-state index in [0.717, 1.165) is 22.3 Å². The Kier molecular flexibility index (Phi) is 23.3. The van der Waals surface area contributed by atoms with Crippen molar-refractivity contribution in [3.8, 4) is 46.0 Å². The molecule has 20 aromatic carbocycles. The number of fused-ring (bicyclic) bond motifs is 4. The third-order valence-corrected chi connectivity index (χ3v) is 29.7. The quantitative estimate of drug-likeness (QED) is 0.0146. The number of rotatable bonds is 20. The van der Waals surface area contributed by atoms with Gasteiger partial charge < -0.3 is 80.2 Å². The maximum Gasteiger partial charge on any atom is 0.230 e. The molecule has 0 aromatic heterocycles. The van der Waals surface area contributed by atoms with E-state index in [0.29, 0.717) is 198 Å². The summed E-state index contributed by atoms with van der Waals surface area (Å²) in [5, 5.41) is 218. The fraction of sp³-hybridized carbons (Fsp3) is 0.185. The zero-order valence-corrected chi connectivity index (χ0v) is 79.3. The molecule has 0 saturated heterocycles. The van der Waals surface area contributed by atoms with E-state index in [-0.39, 0.29) is 175 Å². The third kappa shape index (κ3) is 12.8. The van der Waals surface area contributed by atoms with Crippen molar-refractivity contribution in [1.82, 2.24) is 0 Å². The summed E-state index contributed by atoms with van der Waals surface area (Å²) in [7, 11) is 5.55. The van der Waals surface area contributed by atoms with Crippen molar-refractivity contribution >= 4 is 242 Å². The molecule has 0 spiro atoms. The van der Waals surface area contributed by atoms with E-state index < -0.39 is 102 Å². The second-order valence-corrected chi connectivity index (χ2v) is 37.2. The van der Waals surface area contributed by atoms with Crippen molar-refractivity contribution in [2.75, 3.05) is 72.3 Å². The minimum Gasteiger partial charge on any atom is -0.507 e. The van der Waals surface area contributed by atoms with Gasteiger partial charge in [0, 0.05) is 109 Å². The number of hydrogen-bond acceptors (Lipinski definition) is 40. The highest BCUT2D eigenvalue weighted by molar-refractivity contribution is 6.44. The highest BCUT2D eigenvalue weighted by Crippen LogP contribution is 2.61. The molecule has 0 fully saturated rings. The summed E-state index contributed by atoms with van der Waals surface area (Å²) >= 11 is 0. The zero-order valence-electron chi connectivity index (χ0n) is 79.3. The SMILES string of the molecule is COc1c(NO)c2c(=O)cc(CO)c3c4c(CO)cc(O)c5c(=O)c(NO)c6c(c(c1CC(C)=C6)c23)c54.COc1c(O)c2c(=O)cc(CO)c3c4c(CO)cc(=O)c5c(NO)c(NO)c6c(c(c1CC(C)=C6)c23)c54.COc1c(O)c2c(=O)cc(CO)c3c4c(CO)cc(NO)c5c(=O)c(NO)c6c(c(c1CC(C)=C6)c23)c54.COc1c2c3c4c(c(NO)c(O)c5c(=O)cc(CO)c(c6c(CO)cc(NO)c(c1=O)c63)c54)C=C(C)C2. The molecule has 20 aromatic rings. The number of phenols is 4. The summed E-state index contributed by atoms with van der Waals surface area (Å²) in [5.41, 5.74) is 20.7. The molecule has 4 aliphatic carbocycles. The first-order valence-corrected chi connectivity index (χ1v) is 45.9. The van der Waals surface area contributed by atoms with Gasteiger partial charge in [-0.05, 0) is 211 Å². The Morgan fingerprint density at radius 2 is 0.466 bits per heavy atom. The fourth-order valence-corrected chi connectivity index (χ4v) is 24.5. The van der Waals surface area contributed by atoms with Gasteiger partial charge in [-0.15, -0.1) is 0 Å². The number of ether oxygens (including phenoxy) is 4. The molecule has 752 valence electrons. The largest absolute Gasteiger partial charge is 0.507 e.